The van der Waals surface area contributed by atoms with Crippen molar-refractivity contribution >= 4 is 39.9 Å². The average Bonchev–Trinajstić information content (AvgIpc) is 3.43. The van der Waals surface area contributed by atoms with Crippen molar-refractivity contribution in [3.05, 3.63) is 88.7 Å². The Balaban J connectivity index is 1.20. The first-order valence-electron chi connectivity index (χ1n) is 14.6. The Morgan fingerprint density at radius 3 is 2.71 bits per heavy atom. The number of fused-ring (bicyclic) bond motifs is 1. The molecular formula is C34H37ClN4O3. The summed E-state index contributed by atoms with van der Waals surface area (Å²) in [4.78, 5) is 24.4. The van der Waals surface area contributed by atoms with E-state index in [1.54, 1.807) is 12.3 Å². The van der Waals surface area contributed by atoms with Gasteiger partial charge < -0.3 is 19.7 Å². The summed E-state index contributed by atoms with van der Waals surface area (Å²) in [5.41, 5.74) is 6.41. The number of allylic oxidation sites excluding steroid dienone is 1. The number of aromatic nitrogens is 2. The maximum Gasteiger partial charge on any atom is 0.339 e. The number of pyridine rings is 1. The molecule has 2 aliphatic rings. The maximum atomic E-state index is 12.0. The molecule has 0 bridgehead atoms. The molecule has 1 fully saturated rings. The third kappa shape index (κ3) is 6.03. The van der Waals surface area contributed by atoms with Gasteiger partial charge in [-0.15, -0.1) is 0 Å². The van der Waals surface area contributed by atoms with Crippen molar-refractivity contribution < 1.29 is 14.6 Å². The van der Waals surface area contributed by atoms with E-state index in [4.69, 9.17) is 16.3 Å². The molecule has 4 aromatic rings. The second-order valence-corrected chi connectivity index (χ2v) is 12.8. The Morgan fingerprint density at radius 2 is 1.95 bits per heavy atom. The SMILES string of the molecule is CC1CN(c2ccc(C(=O)O)c(Oc3cnc4[nH]ccc4c3)c2)CCN1CC1=C(c2ccc(Cl)cc2)CC(C)(C)CC1. The van der Waals surface area contributed by atoms with Crippen LogP contribution in [0.3, 0.4) is 0 Å². The predicted octanol–water partition coefficient (Wildman–Crippen LogP) is 7.88. The monoisotopic (exact) mass is 584 g/mol. The van der Waals surface area contributed by atoms with Gasteiger partial charge in [0.1, 0.15) is 22.7 Å². The second kappa shape index (κ2) is 11.5. The number of carbonyl (C=O) groups is 1. The molecule has 2 aromatic heterocycles. The van der Waals surface area contributed by atoms with Crippen LogP contribution in [-0.4, -0.2) is 58.2 Å². The van der Waals surface area contributed by atoms with Gasteiger partial charge in [-0.25, -0.2) is 9.78 Å². The molecule has 6 rings (SSSR count). The Morgan fingerprint density at radius 1 is 1.14 bits per heavy atom. The molecule has 1 atom stereocenters. The summed E-state index contributed by atoms with van der Waals surface area (Å²) in [6.07, 6.45) is 6.80. The smallest absolute Gasteiger partial charge is 0.339 e. The summed E-state index contributed by atoms with van der Waals surface area (Å²) in [7, 11) is 0. The predicted molar refractivity (Wildman–Crippen MR) is 169 cm³/mol. The van der Waals surface area contributed by atoms with E-state index in [1.807, 2.05) is 42.6 Å². The lowest BCUT2D eigenvalue weighted by atomic mass is 9.72. The standard InChI is InChI=1S/C34H37ClN4O3/c1-22-20-39(15-14-38(22)21-25-10-12-34(2,3)18-30(25)23-4-6-26(35)7-5-23)27-8-9-29(33(40)41)31(17-27)42-28-16-24-11-13-36-32(24)37-19-28/h4-9,11,13,16-17,19,22H,10,12,14-15,18,20-21H2,1-3H3,(H,36,37)(H,40,41). The number of piperazine rings is 1. The average molecular weight is 585 g/mol. The number of rotatable bonds is 7. The van der Waals surface area contributed by atoms with Crippen LogP contribution >= 0.6 is 11.6 Å². The molecular weight excluding hydrogens is 548 g/mol. The summed E-state index contributed by atoms with van der Waals surface area (Å²) in [5, 5.41) is 11.5. The summed E-state index contributed by atoms with van der Waals surface area (Å²) in [5.74, 6) is -0.208. The number of anilines is 1. The minimum absolute atomic E-state index is 0.126. The van der Waals surface area contributed by atoms with Gasteiger partial charge in [0.25, 0.3) is 0 Å². The van der Waals surface area contributed by atoms with Crippen LogP contribution in [0.25, 0.3) is 16.6 Å². The molecule has 2 N–H and O–H groups in total. The van der Waals surface area contributed by atoms with E-state index >= 15 is 0 Å². The number of H-pyrrole nitrogens is 1. The number of carboxylic acid groups (broad SMARTS) is 1. The third-order valence-electron chi connectivity index (χ3n) is 8.70. The molecule has 2 aromatic carbocycles. The molecule has 0 spiro atoms. The van der Waals surface area contributed by atoms with E-state index < -0.39 is 5.97 Å². The summed E-state index contributed by atoms with van der Waals surface area (Å²) in [6.45, 7) is 10.6. The lowest BCUT2D eigenvalue weighted by Gasteiger charge is -2.43. The molecule has 1 saturated heterocycles. The van der Waals surface area contributed by atoms with Crippen LogP contribution in [0.5, 0.6) is 11.5 Å². The van der Waals surface area contributed by atoms with Crippen LogP contribution in [0.15, 0.2) is 72.6 Å². The minimum Gasteiger partial charge on any atom is -0.478 e. The van der Waals surface area contributed by atoms with Crippen LogP contribution in [0.2, 0.25) is 5.02 Å². The highest BCUT2D eigenvalue weighted by Gasteiger charge is 2.31. The van der Waals surface area contributed by atoms with Crippen molar-refractivity contribution in [2.45, 2.75) is 46.1 Å². The first kappa shape index (κ1) is 28.3. The van der Waals surface area contributed by atoms with Crippen molar-refractivity contribution in [2.75, 3.05) is 31.1 Å². The van der Waals surface area contributed by atoms with Crippen LogP contribution in [-0.2, 0) is 0 Å². The molecule has 1 unspecified atom stereocenters. The highest BCUT2D eigenvalue weighted by molar-refractivity contribution is 6.30. The van der Waals surface area contributed by atoms with Crippen LogP contribution in [0, 0.1) is 5.41 Å². The zero-order valence-corrected chi connectivity index (χ0v) is 25.1. The van der Waals surface area contributed by atoms with E-state index in [9.17, 15) is 9.90 Å². The molecule has 1 aliphatic heterocycles. The van der Waals surface area contributed by atoms with Crippen molar-refractivity contribution in [2.24, 2.45) is 5.41 Å². The van der Waals surface area contributed by atoms with Gasteiger partial charge in [0.15, 0.2) is 0 Å². The number of nitrogens with zero attached hydrogens (tertiary/aromatic N) is 3. The van der Waals surface area contributed by atoms with Gasteiger partial charge >= 0.3 is 5.97 Å². The van der Waals surface area contributed by atoms with Gasteiger partial charge in [0.2, 0.25) is 0 Å². The molecule has 0 saturated carbocycles. The van der Waals surface area contributed by atoms with Crippen molar-refractivity contribution in [3.8, 4) is 11.5 Å². The van der Waals surface area contributed by atoms with Gasteiger partial charge in [-0.3, -0.25) is 4.90 Å². The van der Waals surface area contributed by atoms with Crippen LogP contribution < -0.4 is 9.64 Å². The number of nitrogens with one attached hydrogen (secondary N) is 1. The normalized spacial score (nSPS) is 19.3. The number of aromatic carboxylic acids is 1. The van der Waals surface area contributed by atoms with Gasteiger partial charge in [-0.2, -0.15) is 0 Å². The topological polar surface area (TPSA) is 81.7 Å². The summed E-state index contributed by atoms with van der Waals surface area (Å²) < 4.78 is 6.10. The largest absolute Gasteiger partial charge is 0.478 e. The zero-order valence-electron chi connectivity index (χ0n) is 24.4. The number of hydrogen-bond acceptors (Lipinski definition) is 5. The Hall–Kier alpha value is -3.81. The first-order chi connectivity index (χ1) is 20.1. The number of hydrogen-bond donors (Lipinski definition) is 2. The number of ether oxygens (including phenoxy) is 1. The van der Waals surface area contributed by atoms with Gasteiger partial charge in [-0.05, 0) is 79.1 Å². The molecule has 8 heteroatoms. The van der Waals surface area contributed by atoms with E-state index in [1.165, 1.54) is 23.1 Å². The van der Waals surface area contributed by atoms with E-state index in [0.29, 0.717) is 17.5 Å². The van der Waals surface area contributed by atoms with E-state index in [0.717, 1.165) is 60.8 Å². The van der Waals surface area contributed by atoms with Crippen molar-refractivity contribution in [3.63, 3.8) is 0 Å². The fourth-order valence-corrected chi connectivity index (χ4v) is 6.37. The molecule has 0 radical (unpaired) electrons. The van der Waals surface area contributed by atoms with Crippen molar-refractivity contribution in [1.29, 1.82) is 0 Å². The molecule has 1 aliphatic carbocycles. The van der Waals surface area contributed by atoms with Crippen LogP contribution in [0.1, 0.15) is 56.0 Å². The highest BCUT2D eigenvalue weighted by Crippen LogP contribution is 2.43. The number of halogens is 1. The second-order valence-electron chi connectivity index (χ2n) is 12.4. The number of aromatic amines is 1. The Bertz CT molecular complexity index is 1640. The van der Waals surface area contributed by atoms with Gasteiger partial charge in [0, 0.05) is 60.6 Å². The molecule has 3 heterocycles. The quantitative estimate of drug-likeness (QED) is 0.230. The molecule has 7 nitrogen and oxygen atoms in total. The van der Waals surface area contributed by atoms with Crippen molar-refractivity contribution in [1.82, 2.24) is 14.9 Å². The lowest BCUT2D eigenvalue weighted by molar-refractivity contribution is 0.0694. The third-order valence-corrected chi connectivity index (χ3v) is 8.95. The molecule has 218 valence electrons. The lowest BCUT2D eigenvalue weighted by Crippen LogP contribution is -2.52. The van der Waals surface area contributed by atoms with E-state index in [-0.39, 0.29) is 11.0 Å². The highest BCUT2D eigenvalue weighted by atomic mass is 35.5. The fraction of sp³-hybridized carbons (Fsp3) is 0.353. The molecule has 0 amide bonds. The number of carboxylic acids is 1. The van der Waals surface area contributed by atoms with Gasteiger partial charge in [0.05, 0.1) is 6.20 Å². The summed E-state index contributed by atoms with van der Waals surface area (Å²) >= 11 is 6.20. The fourth-order valence-electron chi connectivity index (χ4n) is 6.24. The molecule has 42 heavy (non-hydrogen) atoms. The zero-order chi connectivity index (χ0) is 29.4. The van der Waals surface area contributed by atoms with Crippen LogP contribution in [0.4, 0.5) is 5.69 Å². The summed E-state index contributed by atoms with van der Waals surface area (Å²) in [6, 6.07) is 17.8. The first-order valence-corrected chi connectivity index (χ1v) is 15.0. The minimum atomic E-state index is -1.02. The Labute approximate surface area is 251 Å². The van der Waals surface area contributed by atoms with E-state index in [2.05, 4.69) is 52.7 Å². The number of benzene rings is 2. The Kier molecular flexibility index (Phi) is 7.73. The maximum absolute atomic E-state index is 12.0. The van der Waals surface area contributed by atoms with Gasteiger partial charge in [-0.1, -0.05) is 43.2 Å².